The van der Waals surface area contributed by atoms with Crippen molar-refractivity contribution in [2.45, 2.75) is 27.2 Å². The number of hydrogen-bond acceptors (Lipinski definition) is 3. The number of nitrogens with two attached hydrogens (primary N) is 1. The van der Waals surface area contributed by atoms with Crippen LogP contribution in [0.15, 0.2) is 4.99 Å². The maximum Gasteiger partial charge on any atom is 0.197 e. The second-order valence-electron chi connectivity index (χ2n) is 3.77. The number of thioether (sulfide) groups is 1. The van der Waals surface area contributed by atoms with Crippen LogP contribution in [0.25, 0.3) is 0 Å². The number of aliphatic imine (C=N–C) groups is 1. The molecule has 0 aliphatic rings. The van der Waals surface area contributed by atoms with Crippen LogP contribution in [0.3, 0.4) is 0 Å². The molecule has 0 saturated carbocycles. The average molecular weight is 188 g/mol. The first-order valence-corrected chi connectivity index (χ1v) is 4.60. The standard InChI is InChI=1S/C8H16N2OS/c1-8(2,3)5-6(11)12-7(9)10-4/h5H2,1-4H3,(H2,9,10). The summed E-state index contributed by atoms with van der Waals surface area (Å²) in [5.74, 6) is 0. The molecule has 3 nitrogen and oxygen atoms in total. The molecule has 0 radical (unpaired) electrons. The molecule has 0 fully saturated rings. The third-order valence-corrected chi connectivity index (χ3v) is 1.88. The lowest BCUT2D eigenvalue weighted by Crippen LogP contribution is -2.15. The van der Waals surface area contributed by atoms with E-state index in [-0.39, 0.29) is 10.5 Å². The van der Waals surface area contributed by atoms with Gasteiger partial charge in [-0.15, -0.1) is 0 Å². The normalized spacial score (nSPS) is 13.2. The first-order chi connectivity index (χ1) is 5.35. The molecule has 12 heavy (non-hydrogen) atoms. The fourth-order valence-electron chi connectivity index (χ4n) is 0.631. The molecule has 70 valence electrons. The van der Waals surface area contributed by atoms with E-state index in [2.05, 4.69) is 4.99 Å². The topological polar surface area (TPSA) is 55.4 Å². The molecule has 4 heteroatoms. The summed E-state index contributed by atoms with van der Waals surface area (Å²) in [5, 5.41) is 0.412. The lowest BCUT2D eigenvalue weighted by molar-refractivity contribution is -0.112. The first kappa shape index (κ1) is 11.5. The summed E-state index contributed by atoms with van der Waals surface area (Å²) >= 11 is 1.02. The molecule has 0 unspecified atom stereocenters. The lowest BCUT2D eigenvalue weighted by atomic mass is 9.93. The van der Waals surface area contributed by atoms with Gasteiger partial charge in [0.05, 0.1) is 0 Å². The van der Waals surface area contributed by atoms with Gasteiger partial charge in [0, 0.05) is 13.5 Å². The minimum atomic E-state index is 0.0259. The Labute approximate surface area is 77.8 Å². The van der Waals surface area contributed by atoms with Gasteiger partial charge in [-0.3, -0.25) is 9.79 Å². The maximum absolute atomic E-state index is 11.2. The molecule has 0 aromatic heterocycles. The monoisotopic (exact) mass is 188 g/mol. The summed E-state index contributed by atoms with van der Waals surface area (Å²) in [6.45, 7) is 6.06. The molecule has 0 aliphatic carbocycles. The van der Waals surface area contributed by atoms with E-state index in [0.29, 0.717) is 11.6 Å². The number of carbonyl (C=O) groups is 1. The van der Waals surface area contributed by atoms with Gasteiger partial charge in [-0.2, -0.15) is 0 Å². The highest BCUT2D eigenvalue weighted by Gasteiger charge is 2.16. The molecular formula is C8H16N2OS. The predicted molar refractivity (Wildman–Crippen MR) is 54.2 cm³/mol. The summed E-state index contributed by atoms with van der Waals surface area (Å²) in [6.07, 6.45) is 0.522. The quantitative estimate of drug-likeness (QED) is 0.502. The van der Waals surface area contributed by atoms with E-state index in [9.17, 15) is 4.79 Å². The molecule has 0 spiro atoms. The summed E-state index contributed by atoms with van der Waals surface area (Å²) < 4.78 is 0. The molecule has 0 amide bonds. The molecule has 0 aromatic carbocycles. The summed E-state index contributed by atoms with van der Waals surface area (Å²) in [7, 11) is 1.58. The highest BCUT2D eigenvalue weighted by molar-refractivity contribution is 8.26. The Hall–Kier alpha value is -0.510. The van der Waals surface area contributed by atoms with Gasteiger partial charge in [0.1, 0.15) is 0 Å². The van der Waals surface area contributed by atoms with Crippen molar-refractivity contribution in [1.82, 2.24) is 0 Å². The average Bonchev–Trinajstić information content (AvgIpc) is 1.82. The highest BCUT2D eigenvalue weighted by Crippen LogP contribution is 2.22. The van der Waals surface area contributed by atoms with Crippen molar-refractivity contribution < 1.29 is 4.79 Å². The van der Waals surface area contributed by atoms with Gasteiger partial charge in [0.2, 0.25) is 0 Å². The number of rotatable bonds is 1. The van der Waals surface area contributed by atoms with Crippen molar-refractivity contribution in [2.24, 2.45) is 16.1 Å². The van der Waals surface area contributed by atoms with Crippen molar-refractivity contribution in [3.8, 4) is 0 Å². The third-order valence-electron chi connectivity index (χ3n) is 1.11. The fraction of sp³-hybridized carbons (Fsp3) is 0.750. The zero-order chi connectivity index (χ0) is 9.78. The SMILES string of the molecule is CN=C(N)SC(=O)CC(C)(C)C. The van der Waals surface area contributed by atoms with Gasteiger partial charge < -0.3 is 5.73 Å². The Kier molecular flexibility index (Phi) is 4.31. The van der Waals surface area contributed by atoms with E-state index in [0.717, 1.165) is 11.8 Å². The number of amidine groups is 1. The largest absolute Gasteiger partial charge is 0.378 e. The van der Waals surface area contributed by atoms with Gasteiger partial charge in [-0.05, 0) is 17.2 Å². The number of hydrogen-bond donors (Lipinski definition) is 1. The molecule has 0 rings (SSSR count). The van der Waals surface area contributed by atoms with Crippen LogP contribution >= 0.6 is 11.8 Å². The molecule has 0 bridgehead atoms. The molecule has 0 atom stereocenters. The predicted octanol–water partition coefficient (Wildman–Crippen LogP) is 1.63. The second kappa shape index (κ2) is 4.50. The van der Waals surface area contributed by atoms with Crippen molar-refractivity contribution in [3.05, 3.63) is 0 Å². The second-order valence-corrected chi connectivity index (χ2v) is 4.85. The van der Waals surface area contributed by atoms with Gasteiger partial charge in [0.15, 0.2) is 10.3 Å². The van der Waals surface area contributed by atoms with Crippen molar-refractivity contribution in [1.29, 1.82) is 0 Å². The van der Waals surface area contributed by atoms with Gasteiger partial charge in [0.25, 0.3) is 0 Å². The van der Waals surface area contributed by atoms with Crippen LogP contribution in [0.2, 0.25) is 0 Å². The van der Waals surface area contributed by atoms with Crippen LogP contribution in [0.1, 0.15) is 27.2 Å². The molecule has 0 saturated heterocycles. The zero-order valence-corrected chi connectivity index (χ0v) is 8.86. The van der Waals surface area contributed by atoms with Crippen LogP contribution in [0.5, 0.6) is 0 Å². The molecular weight excluding hydrogens is 172 g/mol. The number of nitrogens with zero attached hydrogens (tertiary/aromatic N) is 1. The van der Waals surface area contributed by atoms with Crippen molar-refractivity contribution in [3.63, 3.8) is 0 Å². The Bertz CT molecular complexity index is 194. The smallest absolute Gasteiger partial charge is 0.197 e. The minimum absolute atomic E-state index is 0.0259. The van der Waals surface area contributed by atoms with Gasteiger partial charge in [-0.1, -0.05) is 20.8 Å². The molecule has 2 N–H and O–H groups in total. The van der Waals surface area contributed by atoms with E-state index < -0.39 is 0 Å². The Morgan fingerprint density at radius 2 is 2.00 bits per heavy atom. The fourth-order valence-corrected chi connectivity index (χ4v) is 1.46. The minimum Gasteiger partial charge on any atom is -0.378 e. The Balaban J connectivity index is 3.92. The maximum atomic E-state index is 11.2. The van der Waals surface area contributed by atoms with E-state index in [1.165, 1.54) is 0 Å². The Morgan fingerprint density at radius 1 is 1.50 bits per heavy atom. The van der Waals surface area contributed by atoms with Gasteiger partial charge in [-0.25, -0.2) is 0 Å². The first-order valence-electron chi connectivity index (χ1n) is 3.78. The summed E-state index contributed by atoms with van der Waals surface area (Å²) in [6, 6.07) is 0. The van der Waals surface area contributed by atoms with E-state index in [4.69, 9.17) is 5.73 Å². The lowest BCUT2D eigenvalue weighted by Gasteiger charge is -2.15. The van der Waals surface area contributed by atoms with E-state index in [1.807, 2.05) is 20.8 Å². The van der Waals surface area contributed by atoms with Crippen LogP contribution in [0.4, 0.5) is 0 Å². The van der Waals surface area contributed by atoms with Crippen molar-refractivity contribution in [2.75, 3.05) is 7.05 Å². The summed E-state index contributed by atoms with van der Waals surface area (Å²) in [5.41, 5.74) is 5.41. The molecule has 0 aromatic rings. The number of carbonyl (C=O) groups excluding carboxylic acids is 1. The molecule has 0 heterocycles. The van der Waals surface area contributed by atoms with E-state index in [1.54, 1.807) is 7.05 Å². The highest BCUT2D eigenvalue weighted by atomic mass is 32.2. The van der Waals surface area contributed by atoms with Gasteiger partial charge >= 0.3 is 0 Å². The van der Waals surface area contributed by atoms with Crippen LogP contribution in [-0.4, -0.2) is 17.3 Å². The summed E-state index contributed by atoms with van der Waals surface area (Å²) in [4.78, 5) is 14.9. The third kappa shape index (κ3) is 6.22. The van der Waals surface area contributed by atoms with Crippen LogP contribution in [0, 0.1) is 5.41 Å². The van der Waals surface area contributed by atoms with Crippen LogP contribution in [-0.2, 0) is 4.79 Å². The molecule has 0 aliphatic heterocycles. The Morgan fingerprint density at radius 3 is 2.33 bits per heavy atom. The van der Waals surface area contributed by atoms with Crippen molar-refractivity contribution >= 4 is 22.0 Å². The van der Waals surface area contributed by atoms with E-state index >= 15 is 0 Å². The van der Waals surface area contributed by atoms with Crippen LogP contribution < -0.4 is 5.73 Å². The zero-order valence-electron chi connectivity index (χ0n) is 8.05.